The maximum absolute atomic E-state index is 13.0. The molecule has 0 spiro atoms. The molecular formula is C19H23N3O6S. The first kappa shape index (κ1) is 22.4. The third kappa shape index (κ3) is 6.61. The van der Waals surface area contributed by atoms with Crippen LogP contribution < -0.4 is 0 Å². The van der Waals surface area contributed by atoms with Crippen molar-refractivity contribution in [3.05, 3.63) is 56.0 Å². The number of hydrogen-bond acceptors (Lipinski definition) is 8. The summed E-state index contributed by atoms with van der Waals surface area (Å²) in [5, 5.41) is 13.2. The standard InChI is InChI=1S/C19H23N3O6S/c1-3-27-10-6-9-21(12-17-20-16(13-29-17)19(24)28-4-2)18(23)14-7-5-8-15(11-14)22(25)26/h5,7-8,11,13H,3-4,6,9-10,12H2,1-2H3. The summed E-state index contributed by atoms with van der Waals surface area (Å²) in [5.74, 6) is -0.860. The molecule has 0 atom stereocenters. The van der Waals surface area contributed by atoms with E-state index in [1.54, 1.807) is 17.2 Å². The quantitative estimate of drug-likeness (QED) is 0.237. The van der Waals surface area contributed by atoms with Gasteiger partial charge in [0.25, 0.3) is 11.6 Å². The van der Waals surface area contributed by atoms with Crippen LogP contribution in [0.5, 0.6) is 0 Å². The number of esters is 1. The maximum atomic E-state index is 13.0. The molecule has 2 aromatic rings. The fraction of sp³-hybridized carbons (Fsp3) is 0.421. The second kappa shape index (κ2) is 11.2. The van der Waals surface area contributed by atoms with Gasteiger partial charge in [-0.1, -0.05) is 6.07 Å². The van der Waals surface area contributed by atoms with Crippen LogP contribution in [0.2, 0.25) is 0 Å². The number of hydrogen-bond donors (Lipinski definition) is 0. The van der Waals surface area contributed by atoms with E-state index in [0.29, 0.717) is 31.2 Å². The third-order valence-electron chi connectivity index (χ3n) is 3.87. The van der Waals surface area contributed by atoms with Gasteiger partial charge < -0.3 is 14.4 Å². The first-order chi connectivity index (χ1) is 14.0. The molecule has 0 fully saturated rings. The normalized spacial score (nSPS) is 10.6. The number of nitro groups is 1. The Morgan fingerprint density at radius 1 is 1.28 bits per heavy atom. The van der Waals surface area contributed by atoms with Crippen LogP contribution in [-0.4, -0.2) is 53.0 Å². The highest BCUT2D eigenvalue weighted by molar-refractivity contribution is 7.09. The van der Waals surface area contributed by atoms with Crippen molar-refractivity contribution in [2.24, 2.45) is 0 Å². The summed E-state index contributed by atoms with van der Waals surface area (Å²) < 4.78 is 10.3. The van der Waals surface area contributed by atoms with Gasteiger partial charge in [-0.2, -0.15) is 0 Å². The minimum atomic E-state index is -0.539. The molecule has 0 N–H and O–H groups in total. The van der Waals surface area contributed by atoms with Gasteiger partial charge in [-0.25, -0.2) is 9.78 Å². The minimum Gasteiger partial charge on any atom is -0.461 e. The second-order valence-electron chi connectivity index (χ2n) is 5.93. The number of thiazole rings is 1. The number of carbonyl (C=O) groups is 2. The largest absolute Gasteiger partial charge is 0.461 e. The van der Waals surface area contributed by atoms with E-state index in [1.807, 2.05) is 6.92 Å². The van der Waals surface area contributed by atoms with Crippen molar-refractivity contribution in [2.45, 2.75) is 26.8 Å². The number of rotatable bonds is 11. The van der Waals surface area contributed by atoms with Crippen LogP contribution in [0.25, 0.3) is 0 Å². The van der Waals surface area contributed by atoms with E-state index < -0.39 is 10.9 Å². The number of carbonyl (C=O) groups excluding carboxylic acids is 2. The molecule has 0 aliphatic carbocycles. The molecule has 0 bridgehead atoms. The number of non-ortho nitro benzene ring substituents is 1. The summed E-state index contributed by atoms with van der Waals surface area (Å²) in [4.78, 5) is 41.1. The van der Waals surface area contributed by atoms with Crippen LogP contribution in [0.4, 0.5) is 5.69 Å². The van der Waals surface area contributed by atoms with Gasteiger partial charge in [0.2, 0.25) is 0 Å². The van der Waals surface area contributed by atoms with E-state index >= 15 is 0 Å². The summed E-state index contributed by atoms with van der Waals surface area (Å²) in [6, 6.07) is 5.61. The van der Waals surface area contributed by atoms with E-state index in [9.17, 15) is 19.7 Å². The first-order valence-corrected chi connectivity index (χ1v) is 10.1. The molecular weight excluding hydrogens is 398 g/mol. The maximum Gasteiger partial charge on any atom is 0.357 e. The van der Waals surface area contributed by atoms with Crippen LogP contribution in [-0.2, 0) is 16.0 Å². The molecule has 1 aromatic carbocycles. The van der Waals surface area contributed by atoms with Crippen LogP contribution in [0, 0.1) is 10.1 Å². The molecule has 1 amide bonds. The zero-order valence-electron chi connectivity index (χ0n) is 16.3. The molecule has 10 heteroatoms. The van der Waals surface area contributed by atoms with Crippen molar-refractivity contribution in [3.63, 3.8) is 0 Å². The van der Waals surface area contributed by atoms with Gasteiger partial charge in [-0.15, -0.1) is 11.3 Å². The van der Waals surface area contributed by atoms with E-state index in [0.717, 1.165) is 0 Å². The molecule has 9 nitrogen and oxygen atoms in total. The monoisotopic (exact) mass is 421 g/mol. The summed E-state index contributed by atoms with van der Waals surface area (Å²) in [6.07, 6.45) is 0.602. The van der Waals surface area contributed by atoms with E-state index in [-0.39, 0.29) is 36.0 Å². The fourth-order valence-corrected chi connectivity index (χ4v) is 3.31. The smallest absolute Gasteiger partial charge is 0.357 e. The molecule has 0 saturated carbocycles. The lowest BCUT2D eigenvalue weighted by atomic mass is 10.1. The summed E-state index contributed by atoms with van der Waals surface area (Å²) in [7, 11) is 0. The van der Waals surface area contributed by atoms with E-state index in [1.165, 1.54) is 35.6 Å². The molecule has 29 heavy (non-hydrogen) atoms. The van der Waals surface area contributed by atoms with Crippen molar-refractivity contribution in [2.75, 3.05) is 26.4 Å². The zero-order valence-corrected chi connectivity index (χ0v) is 17.1. The Kier molecular flexibility index (Phi) is 8.68. The van der Waals surface area contributed by atoms with Crippen molar-refractivity contribution in [3.8, 4) is 0 Å². The minimum absolute atomic E-state index is 0.149. The van der Waals surface area contributed by atoms with Crippen LogP contribution in [0.3, 0.4) is 0 Å². The molecule has 2 rings (SSSR count). The number of amides is 1. The molecule has 0 radical (unpaired) electrons. The Hall–Kier alpha value is -2.85. The average molecular weight is 421 g/mol. The molecule has 0 aliphatic heterocycles. The Balaban J connectivity index is 2.18. The second-order valence-corrected chi connectivity index (χ2v) is 6.87. The highest BCUT2D eigenvalue weighted by Gasteiger charge is 2.21. The van der Waals surface area contributed by atoms with Gasteiger partial charge in [-0.3, -0.25) is 14.9 Å². The summed E-state index contributed by atoms with van der Waals surface area (Å²) in [6.45, 7) is 5.48. The number of ether oxygens (including phenoxy) is 2. The Morgan fingerprint density at radius 3 is 2.76 bits per heavy atom. The van der Waals surface area contributed by atoms with Gasteiger partial charge in [0.1, 0.15) is 5.01 Å². The molecule has 0 unspecified atom stereocenters. The SMILES string of the molecule is CCOCCCN(Cc1nc(C(=O)OCC)cs1)C(=O)c1cccc([N+](=O)[O-])c1. The van der Waals surface area contributed by atoms with Crippen LogP contribution in [0.1, 0.15) is 46.1 Å². The Morgan fingerprint density at radius 2 is 2.07 bits per heavy atom. The predicted molar refractivity (Wildman–Crippen MR) is 107 cm³/mol. The average Bonchev–Trinajstić information content (AvgIpc) is 3.19. The highest BCUT2D eigenvalue weighted by Crippen LogP contribution is 2.18. The third-order valence-corrected chi connectivity index (χ3v) is 4.71. The van der Waals surface area contributed by atoms with Gasteiger partial charge in [0, 0.05) is 42.8 Å². The Bertz CT molecular complexity index is 854. The molecule has 156 valence electrons. The van der Waals surface area contributed by atoms with Crippen LogP contribution >= 0.6 is 11.3 Å². The fourth-order valence-electron chi connectivity index (χ4n) is 2.53. The lowest BCUT2D eigenvalue weighted by molar-refractivity contribution is -0.384. The lowest BCUT2D eigenvalue weighted by Gasteiger charge is -2.21. The highest BCUT2D eigenvalue weighted by atomic mass is 32.1. The van der Waals surface area contributed by atoms with Gasteiger partial charge in [-0.05, 0) is 26.3 Å². The topological polar surface area (TPSA) is 112 Å². The number of aromatic nitrogens is 1. The number of nitro benzene ring substituents is 1. The molecule has 0 saturated heterocycles. The summed E-state index contributed by atoms with van der Waals surface area (Å²) in [5.41, 5.74) is 0.269. The van der Waals surface area contributed by atoms with Gasteiger partial charge in [0.05, 0.1) is 18.1 Å². The van der Waals surface area contributed by atoms with E-state index in [4.69, 9.17) is 9.47 Å². The zero-order chi connectivity index (χ0) is 21.2. The Labute approximate surface area is 172 Å². The van der Waals surface area contributed by atoms with Gasteiger partial charge >= 0.3 is 5.97 Å². The lowest BCUT2D eigenvalue weighted by Crippen LogP contribution is -2.32. The molecule has 1 heterocycles. The van der Waals surface area contributed by atoms with E-state index in [2.05, 4.69) is 4.98 Å². The number of benzene rings is 1. The predicted octanol–water partition coefficient (Wildman–Crippen LogP) is 3.30. The van der Waals surface area contributed by atoms with Crippen molar-refractivity contribution >= 4 is 28.9 Å². The van der Waals surface area contributed by atoms with Crippen LogP contribution in [0.15, 0.2) is 29.6 Å². The van der Waals surface area contributed by atoms with Crippen molar-refractivity contribution in [1.82, 2.24) is 9.88 Å². The first-order valence-electron chi connectivity index (χ1n) is 9.19. The summed E-state index contributed by atoms with van der Waals surface area (Å²) >= 11 is 1.25. The number of nitrogens with zero attached hydrogens (tertiary/aromatic N) is 3. The molecule has 0 aliphatic rings. The van der Waals surface area contributed by atoms with Crippen molar-refractivity contribution in [1.29, 1.82) is 0 Å². The van der Waals surface area contributed by atoms with Crippen molar-refractivity contribution < 1.29 is 24.0 Å². The van der Waals surface area contributed by atoms with Gasteiger partial charge in [0.15, 0.2) is 5.69 Å². The molecule has 1 aromatic heterocycles.